The molecule has 0 spiro atoms. The first-order valence-electron chi connectivity index (χ1n) is 7.28. The van der Waals surface area contributed by atoms with Gasteiger partial charge in [-0.15, -0.1) is 22.7 Å². The number of carbonyl (C=O) groups is 2. The molecular weight excluding hydrogens is 352 g/mol. The van der Waals surface area contributed by atoms with Crippen LogP contribution < -0.4 is 11.1 Å². The van der Waals surface area contributed by atoms with Crippen molar-refractivity contribution in [2.75, 3.05) is 5.32 Å². The smallest absolute Gasteiger partial charge is 0.266 e. The molecular formula is C16H17ClN2O2S2. The first-order valence-corrected chi connectivity index (χ1v) is 9.29. The minimum absolute atomic E-state index is 0.204. The highest BCUT2D eigenvalue weighted by Gasteiger charge is 2.32. The van der Waals surface area contributed by atoms with Gasteiger partial charge in [-0.05, 0) is 42.4 Å². The third-order valence-corrected chi connectivity index (χ3v) is 6.43. The third-order valence-electron chi connectivity index (χ3n) is 4.05. The Morgan fingerprint density at radius 1 is 1.30 bits per heavy atom. The standard InChI is InChI=1S/C16H17ClN2O2S2/c1-16(2)6-5-8-10(7-16)23-15(12(8)13(18)20)19-14(21)9-3-4-11(17)22-9/h3-4H,5-7H2,1-2H3,(H2,18,20)(H,19,21). The van der Waals surface area contributed by atoms with Gasteiger partial charge in [0.25, 0.3) is 11.8 Å². The van der Waals surface area contributed by atoms with Crippen LogP contribution in [-0.2, 0) is 12.8 Å². The van der Waals surface area contributed by atoms with Crippen LogP contribution in [0.5, 0.6) is 0 Å². The van der Waals surface area contributed by atoms with Crippen molar-refractivity contribution in [2.24, 2.45) is 11.1 Å². The monoisotopic (exact) mass is 368 g/mol. The molecule has 0 unspecified atom stereocenters. The van der Waals surface area contributed by atoms with Crippen molar-refractivity contribution in [3.05, 3.63) is 37.4 Å². The number of thiophene rings is 2. The summed E-state index contributed by atoms with van der Waals surface area (Å²) in [6.07, 6.45) is 2.72. The minimum Gasteiger partial charge on any atom is -0.365 e. The molecule has 23 heavy (non-hydrogen) atoms. The van der Waals surface area contributed by atoms with Crippen molar-refractivity contribution in [1.29, 1.82) is 0 Å². The summed E-state index contributed by atoms with van der Waals surface area (Å²) in [5.74, 6) is -0.746. The molecule has 7 heteroatoms. The van der Waals surface area contributed by atoms with Gasteiger partial charge < -0.3 is 11.1 Å². The Balaban J connectivity index is 1.95. The van der Waals surface area contributed by atoms with Gasteiger partial charge in [0, 0.05) is 4.88 Å². The van der Waals surface area contributed by atoms with Gasteiger partial charge >= 0.3 is 0 Å². The summed E-state index contributed by atoms with van der Waals surface area (Å²) in [5, 5.41) is 3.39. The molecule has 0 fully saturated rings. The SMILES string of the molecule is CC1(C)CCc2c(sc(NC(=O)c3ccc(Cl)s3)c2C(N)=O)C1. The van der Waals surface area contributed by atoms with E-state index in [4.69, 9.17) is 17.3 Å². The van der Waals surface area contributed by atoms with Gasteiger partial charge in [-0.3, -0.25) is 9.59 Å². The predicted octanol–water partition coefficient (Wildman–Crippen LogP) is 4.33. The van der Waals surface area contributed by atoms with E-state index in [1.807, 2.05) is 0 Å². The topological polar surface area (TPSA) is 72.2 Å². The van der Waals surface area contributed by atoms with Crippen LogP contribution >= 0.6 is 34.3 Å². The zero-order valence-corrected chi connectivity index (χ0v) is 15.3. The highest BCUT2D eigenvalue weighted by molar-refractivity contribution is 7.18. The Bertz CT molecular complexity index is 792. The first-order chi connectivity index (χ1) is 10.8. The summed E-state index contributed by atoms with van der Waals surface area (Å²) in [7, 11) is 0. The maximum atomic E-state index is 12.3. The van der Waals surface area contributed by atoms with Crippen LogP contribution in [0.15, 0.2) is 12.1 Å². The van der Waals surface area contributed by atoms with E-state index >= 15 is 0 Å². The number of amides is 2. The lowest BCUT2D eigenvalue weighted by Gasteiger charge is -2.29. The molecule has 0 bridgehead atoms. The summed E-state index contributed by atoms with van der Waals surface area (Å²) >= 11 is 8.54. The lowest BCUT2D eigenvalue weighted by atomic mass is 9.77. The van der Waals surface area contributed by atoms with Crippen LogP contribution in [0.1, 0.15) is 50.7 Å². The average Bonchev–Trinajstić information content (AvgIpc) is 3.00. The van der Waals surface area contributed by atoms with Gasteiger partial charge in [0.1, 0.15) is 5.00 Å². The van der Waals surface area contributed by atoms with Crippen LogP contribution in [0.3, 0.4) is 0 Å². The molecule has 2 heterocycles. The lowest BCUT2D eigenvalue weighted by molar-refractivity contribution is 0.1000. The van der Waals surface area contributed by atoms with Crippen LogP contribution in [0.2, 0.25) is 4.34 Å². The van der Waals surface area contributed by atoms with E-state index in [-0.39, 0.29) is 11.3 Å². The van der Waals surface area contributed by atoms with Crippen molar-refractivity contribution in [1.82, 2.24) is 0 Å². The number of anilines is 1. The maximum Gasteiger partial charge on any atom is 0.266 e. The molecule has 0 atom stereocenters. The summed E-state index contributed by atoms with van der Waals surface area (Å²) < 4.78 is 0.553. The molecule has 1 aliphatic rings. The fraction of sp³-hybridized carbons (Fsp3) is 0.375. The van der Waals surface area contributed by atoms with E-state index in [0.29, 0.717) is 19.8 Å². The summed E-state index contributed by atoms with van der Waals surface area (Å²) in [5.41, 5.74) is 7.24. The molecule has 3 N–H and O–H groups in total. The first kappa shape index (κ1) is 16.5. The number of halogens is 1. The quantitative estimate of drug-likeness (QED) is 0.846. The number of fused-ring (bicyclic) bond motifs is 1. The number of nitrogens with one attached hydrogen (secondary N) is 1. The van der Waals surface area contributed by atoms with E-state index < -0.39 is 5.91 Å². The average molecular weight is 369 g/mol. The van der Waals surface area contributed by atoms with Gasteiger partial charge in [-0.1, -0.05) is 25.4 Å². The molecule has 0 saturated carbocycles. The van der Waals surface area contributed by atoms with E-state index in [2.05, 4.69) is 19.2 Å². The number of carbonyl (C=O) groups excluding carboxylic acids is 2. The summed E-state index contributed by atoms with van der Waals surface area (Å²) in [6.45, 7) is 4.43. The highest BCUT2D eigenvalue weighted by Crippen LogP contribution is 2.43. The van der Waals surface area contributed by atoms with Crippen molar-refractivity contribution in [3.63, 3.8) is 0 Å². The molecule has 122 valence electrons. The molecule has 2 aromatic rings. The van der Waals surface area contributed by atoms with Gasteiger partial charge in [0.05, 0.1) is 14.8 Å². The minimum atomic E-state index is -0.485. The van der Waals surface area contributed by atoms with E-state index in [1.54, 1.807) is 12.1 Å². The predicted molar refractivity (Wildman–Crippen MR) is 95.9 cm³/mol. The van der Waals surface area contributed by atoms with Crippen LogP contribution in [0.4, 0.5) is 5.00 Å². The molecule has 0 radical (unpaired) electrons. The van der Waals surface area contributed by atoms with Gasteiger partial charge in [0.2, 0.25) is 0 Å². The highest BCUT2D eigenvalue weighted by atomic mass is 35.5. The number of hydrogen-bond acceptors (Lipinski definition) is 4. The zero-order chi connectivity index (χ0) is 16.8. The Kier molecular flexibility index (Phi) is 4.25. The third kappa shape index (κ3) is 3.29. The van der Waals surface area contributed by atoms with Crippen molar-refractivity contribution in [3.8, 4) is 0 Å². The fourth-order valence-electron chi connectivity index (χ4n) is 2.86. The fourth-order valence-corrected chi connectivity index (χ4v) is 5.30. The molecule has 0 aliphatic heterocycles. The van der Waals surface area contributed by atoms with Crippen LogP contribution in [0, 0.1) is 5.41 Å². The zero-order valence-electron chi connectivity index (χ0n) is 12.9. The van der Waals surface area contributed by atoms with Gasteiger partial charge in [-0.25, -0.2) is 0 Å². The number of primary amides is 1. The van der Waals surface area contributed by atoms with E-state index in [9.17, 15) is 9.59 Å². The Morgan fingerprint density at radius 2 is 2.04 bits per heavy atom. The Labute approximate surface area is 147 Å². The summed E-state index contributed by atoms with van der Waals surface area (Å²) in [6, 6.07) is 3.35. The van der Waals surface area contributed by atoms with Crippen molar-refractivity contribution in [2.45, 2.75) is 33.1 Å². The van der Waals surface area contributed by atoms with Crippen molar-refractivity contribution < 1.29 is 9.59 Å². The number of rotatable bonds is 3. The van der Waals surface area contributed by atoms with Crippen molar-refractivity contribution >= 4 is 51.1 Å². The van der Waals surface area contributed by atoms with Gasteiger partial charge in [0.15, 0.2) is 0 Å². The van der Waals surface area contributed by atoms with Crippen LogP contribution in [-0.4, -0.2) is 11.8 Å². The molecule has 3 rings (SSSR count). The second kappa shape index (κ2) is 5.92. The second-order valence-electron chi connectivity index (χ2n) is 6.47. The van der Waals surface area contributed by atoms with Crippen LogP contribution in [0.25, 0.3) is 0 Å². The lowest BCUT2D eigenvalue weighted by Crippen LogP contribution is -2.23. The molecule has 4 nitrogen and oxygen atoms in total. The molecule has 2 amide bonds. The normalized spacial score (nSPS) is 16.0. The molecule has 2 aromatic heterocycles. The Morgan fingerprint density at radius 3 is 2.65 bits per heavy atom. The maximum absolute atomic E-state index is 12.3. The number of hydrogen-bond donors (Lipinski definition) is 2. The largest absolute Gasteiger partial charge is 0.365 e. The summed E-state index contributed by atoms with van der Waals surface area (Å²) in [4.78, 5) is 25.9. The van der Waals surface area contributed by atoms with Gasteiger partial charge in [-0.2, -0.15) is 0 Å². The van der Waals surface area contributed by atoms with E-state index in [1.165, 1.54) is 22.7 Å². The molecule has 0 aromatic carbocycles. The Hall–Kier alpha value is -1.37. The number of nitrogens with two attached hydrogens (primary N) is 1. The second-order valence-corrected chi connectivity index (χ2v) is 9.29. The molecule has 1 aliphatic carbocycles. The van der Waals surface area contributed by atoms with E-state index in [0.717, 1.165) is 29.7 Å². The molecule has 0 saturated heterocycles.